The molecule has 0 radical (unpaired) electrons. The van der Waals surface area contributed by atoms with Gasteiger partial charge in [0.1, 0.15) is 0 Å². The first-order valence-electron chi connectivity index (χ1n) is 13.6. The molecular formula is C31H33F6N3O2. The van der Waals surface area contributed by atoms with Crippen LogP contribution in [0, 0.1) is 11.8 Å². The van der Waals surface area contributed by atoms with Crippen molar-refractivity contribution in [1.29, 1.82) is 0 Å². The third kappa shape index (κ3) is 7.35. The summed E-state index contributed by atoms with van der Waals surface area (Å²) in [6.45, 7) is 5.93. The van der Waals surface area contributed by atoms with Crippen LogP contribution in [0.5, 0.6) is 0 Å². The van der Waals surface area contributed by atoms with Gasteiger partial charge in [-0.25, -0.2) is 4.79 Å². The molecule has 42 heavy (non-hydrogen) atoms. The van der Waals surface area contributed by atoms with Gasteiger partial charge >= 0.3 is 18.4 Å². The van der Waals surface area contributed by atoms with Gasteiger partial charge in [0.2, 0.25) is 5.91 Å². The Morgan fingerprint density at radius 1 is 0.952 bits per heavy atom. The number of nitrogens with zero attached hydrogens (tertiary/aromatic N) is 1. The molecule has 2 unspecified atom stereocenters. The number of piperidine rings is 1. The van der Waals surface area contributed by atoms with E-state index in [1.807, 2.05) is 20.8 Å². The number of carbonyl (C=O) groups is 2. The number of urea groups is 1. The van der Waals surface area contributed by atoms with E-state index in [9.17, 15) is 35.9 Å². The van der Waals surface area contributed by atoms with Gasteiger partial charge in [0.05, 0.1) is 17.0 Å². The first kappa shape index (κ1) is 31.2. The molecule has 226 valence electrons. The van der Waals surface area contributed by atoms with Crippen LogP contribution < -0.4 is 10.6 Å². The Hall–Kier alpha value is -3.76. The molecule has 2 aliphatic rings. The minimum Gasteiger partial charge on any atom is -0.355 e. The normalized spacial score (nSPS) is 19.4. The molecule has 3 amide bonds. The Morgan fingerprint density at radius 2 is 1.67 bits per heavy atom. The highest BCUT2D eigenvalue weighted by Crippen LogP contribution is 2.41. The highest BCUT2D eigenvalue weighted by Gasteiger charge is 2.40. The van der Waals surface area contributed by atoms with Crippen molar-refractivity contribution >= 4 is 17.5 Å². The number of carbonyl (C=O) groups excluding carboxylic acids is 2. The van der Waals surface area contributed by atoms with Gasteiger partial charge in [0.15, 0.2) is 0 Å². The van der Waals surface area contributed by atoms with E-state index in [4.69, 9.17) is 0 Å². The molecule has 2 aromatic rings. The van der Waals surface area contributed by atoms with E-state index in [2.05, 4.69) is 10.6 Å². The van der Waals surface area contributed by atoms with Crippen molar-refractivity contribution in [3.05, 3.63) is 88.5 Å². The number of likely N-dealkylation sites (tertiary alicyclic amines) is 1. The molecule has 11 heteroatoms. The maximum Gasteiger partial charge on any atom is 0.416 e. The zero-order chi connectivity index (χ0) is 30.9. The van der Waals surface area contributed by atoms with Crippen LogP contribution in [-0.4, -0.2) is 42.0 Å². The summed E-state index contributed by atoms with van der Waals surface area (Å²) in [5, 5.41) is 5.63. The van der Waals surface area contributed by atoms with E-state index in [0.717, 1.165) is 23.8 Å². The summed E-state index contributed by atoms with van der Waals surface area (Å²) in [5.41, 5.74) is -0.313. The third-order valence-electron chi connectivity index (χ3n) is 7.35. The molecule has 1 aliphatic carbocycles. The van der Waals surface area contributed by atoms with Gasteiger partial charge in [-0.3, -0.25) is 4.79 Å². The number of fused-ring (bicyclic) bond motifs is 1. The van der Waals surface area contributed by atoms with Crippen LogP contribution in [0.2, 0.25) is 0 Å². The Kier molecular flexibility index (Phi) is 8.80. The summed E-state index contributed by atoms with van der Waals surface area (Å²) in [7, 11) is 0. The fourth-order valence-electron chi connectivity index (χ4n) is 5.44. The minimum atomic E-state index is -4.53. The van der Waals surface area contributed by atoms with E-state index in [-0.39, 0.29) is 31.1 Å². The maximum atomic E-state index is 13.4. The first-order valence-corrected chi connectivity index (χ1v) is 13.6. The molecule has 1 aliphatic heterocycles. The van der Waals surface area contributed by atoms with Crippen LogP contribution in [-0.2, 0) is 23.6 Å². The molecule has 2 atom stereocenters. The van der Waals surface area contributed by atoms with Crippen molar-refractivity contribution in [2.75, 3.05) is 19.6 Å². The number of allylic oxidation sites excluding steroid dienone is 2. The second-order valence-corrected chi connectivity index (χ2v) is 11.6. The number of benzene rings is 2. The lowest BCUT2D eigenvalue weighted by molar-refractivity contribution is -0.138. The van der Waals surface area contributed by atoms with Crippen LogP contribution in [0.3, 0.4) is 0 Å². The molecule has 0 spiro atoms. The summed E-state index contributed by atoms with van der Waals surface area (Å²) >= 11 is 0. The Balaban J connectivity index is 1.58. The van der Waals surface area contributed by atoms with Crippen LogP contribution in [0.25, 0.3) is 5.57 Å². The van der Waals surface area contributed by atoms with Crippen molar-refractivity contribution in [2.45, 2.75) is 51.5 Å². The second kappa shape index (κ2) is 11.9. The predicted octanol–water partition coefficient (Wildman–Crippen LogP) is 6.85. The van der Waals surface area contributed by atoms with E-state index >= 15 is 0 Å². The Bertz CT molecular complexity index is 1390. The summed E-state index contributed by atoms with van der Waals surface area (Å²) in [5.74, 6) is -1.72. The minimum absolute atomic E-state index is 0.0409. The number of alkyl halides is 6. The van der Waals surface area contributed by atoms with E-state index in [1.165, 1.54) is 24.3 Å². The molecule has 2 N–H and O–H groups in total. The molecular weight excluding hydrogens is 560 g/mol. The number of hydrogen-bond acceptors (Lipinski definition) is 2. The zero-order valence-electron chi connectivity index (χ0n) is 23.5. The fourth-order valence-corrected chi connectivity index (χ4v) is 5.44. The van der Waals surface area contributed by atoms with Gasteiger partial charge in [0.25, 0.3) is 0 Å². The summed E-state index contributed by atoms with van der Waals surface area (Å²) in [6, 6.07) is 9.82. The number of rotatable bonds is 5. The van der Waals surface area contributed by atoms with Gasteiger partial charge < -0.3 is 15.5 Å². The fraction of sp³-hybridized carbons (Fsp3) is 0.419. The standard InChI is InChI=1S/C31H33F6N3O2/c1-29(2,3)39-28(42)40-16-14-23-22(20-8-6-9-21(17-20)30(32,33)34)11-12-24(25(23)18-40)27(41)38-15-13-19-7-4-5-10-26(19)31(35,36)37/h4-12,17,24-25H,13-16,18H2,1-3H3,(H,38,41)(H,39,42). The molecule has 2 aromatic carbocycles. The highest BCUT2D eigenvalue weighted by molar-refractivity contribution is 5.87. The lowest BCUT2D eigenvalue weighted by Crippen LogP contribution is -2.53. The topological polar surface area (TPSA) is 61.4 Å². The van der Waals surface area contributed by atoms with Crippen LogP contribution in [0.1, 0.15) is 49.4 Å². The molecule has 1 fully saturated rings. The summed E-state index contributed by atoms with van der Waals surface area (Å²) < 4.78 is 80.5. The molecule has 0 bridgehead atoms. The molecule has 1 heterocycles. The molecule has 0 aromatic heterocycles. The lowest BCUT2D eigenvalue weighted by Gasteiger charge is -2.41. The molecule has 5 nitrogen and oxygen atoms in total. The van der Waals surface area contributed by atoms with Crippen molar-refractivity contribution in [1.82, 2.24) is 15.5 Å². The highest BCUT2D eigenvalue weighted by atomic mass is 19.4. The average molecular weight is 594 g/mol. The van der Waals surface area contributed by atoms with Crippen LogP contribution in [0.4, 0.5) is 31.1 Å². The second-order valence-electron chi connectivity index (χ2n) is 11.6. The predicted molar refractivity (Wildman–Crippen MR) is 147 cm³/mol. The zero-order valence-corrected chi connectivity index (χ0v) is 23.5. The monoisotopic (exact) mass is 593 g/mol. The molecule has 4 rings (SSSR count). The van der Waals surface area contributed by atoms with E-state index in [1.54, 1.807) is 23.1 Å². The average Bonchev–Trinajstić information content (AvgIpc) is 2.90. The van der Waals surface area contributed by atoms with Crippen molar-refractivity contribution in [3.8, 4) is 0 Å². The van der Waals surface area contributed by atoms with Crippen LogP contribution >= 0.6 is 0 Å². The van der Waals surface area contributed by atoms with Gasteiger partial charge in [-0.15, -0.1) is 0 Å². The van der Waals surface area contributed by atoms with E-state index in [0.29, 0.717) is 24.1 Å². The summed E-state index contributed by atoms with van der Waals surface area (Å²) in [6.07, 6.45) is -5.50. The number of nitrogens with one attached hydrogen (secondary N) is 2. The molecule has 1 saturated heterocycles. The van der Waals surface area contributed by atoms with Crippen LogP contribution in [0.15, 0.2) is 66.3 Å². The molecule has 0 saturated carbocycles. The number of amides is 3. The SMILES string of the molecule is CC(C)(C)NC(=O)N1CCC2=C(c3cccc(C(F)(F)F)c3)C=CC(C(=O)NCCc3ccccc3C(F)(F)F)C2C1. The quantitative estimate of drug-likeness (QED) is 0.373. The van der Waals surface area contributed by atoms with E-state index < -0.39 is 46.8 Å². The van der Waals surface area contributed by atoms with Crippen molar-refractivity contribution in [3.63, 3.8) is 0 Å². The smallest absolute Gasteiger partial charge is 0.355 e. The lowest BCUT2D eigenvalue weighted by atomic mass is 9.73. The van der Waals surface area contributed by atoms with Crippen molar-refractivity contribution in [2.24, 2.45) is 11.8 Å². The summed E-state index contributed by atoms with van der Waals surface area (Å²) in [4.78, 5) is 27.9. The number of halogens is 6. The van der Waals surface area contributed by atoms with Gasteiger partial charge in [-0.2, -0.15) is 26.3 Å². The van der Waals surface area contributed by atoms with Crippen molar-refractivity contribution < 1.29 is 35.9 Å². The maximum absolute atomic E-state index is 13.4. The Morgan fingerprint density at radius 3 is 2.33 bits per heavy atom. The van der Waals surface area contributed by atoms with Gasteiger partial charge in [0, 0.05) is 31.1 Å². The first-order chi connectivity index (χ1) is 19.5. The Labute approximate surface area is 240 Å². The third-order valence-corrected chi connectivity index (χ3v) is 7.35. The largest absolute Gasteiger partial charge is 0.416 e. The van der Waals surface area contributed by atoms with Gasteiger partial charge in [-0.1, -0.05) is 48.1 Å². The number of hydrogen-bond donors (Lipinski definition) is 2. The van der Waals surface area contributed by atoms with Gasteiger partial charge in [-0.05, 0) is 68.5 Å².